The second kappa shape index (κ2) is 6.31. The van der Waals surface area contributed by atoms with Crippen molar-refractivity contribution in [2.75, 3.05) is 6.61 Å². The highest BCUT2D eigenvalue weighted by Crippen LogP contribution is 2.39. The Morgan fingerprint density at radius 3 is 2.57 bits per heavy atom. The number of halogens is 3. The van der Waals surface area contributed by atoms with Gasteiger partial charge in [-0.15, -0.1) is 0 Å². The van der Waals surface area contributed by atoms with Gasteiger partial charge in [-0.05, 0) is 31.7 Å². The number of nitrogens with one attached hydrogen (secondary N) is 1. The van der Waals surface area contributed by atoms with Crippen molar-refractivity contribution in [2.24, 2.45) is 5.92 Å². The molecule has 0 spiro atoms. The molecule has 1 saturated carbocycles. The summed E-state index contributed by atoms with van der Waals surface area (Å²) in [6, 6.07) is 5.04. The Balaban J connectivity index is 1.95. The fourth-order valence-corrected chi connectivity index (χ4v) is 2.56. The Morgan fingerprint density at radius 2 is 2.00 bits per heavy atom. The minimum atomic E-state index is -0.845. The van der Waals surface area contributed by atoms with Gasteiger partial charge in [0.1, 0.15) is 11.3 Å². The van der Waals surface area contributed by atoms with Crippen LogP contribution in [0.15, 0.2) is 12.1 Å². The average Bonchev–Trinajstić information content (AvgIpc) is 3.26. The van der Waals surface area contributed by atoms with E-state index in [0.717, 1.165) is 12.8 Å². The zero-order valence-corrected chi connectivity index (χ0v) is 13.5. The van der Waals surface area contributed by atoms with Crippen LogP contribution in [0, 0.1) is 17.2 Å². The number of hydrogen-bond acceptors (Lipinski definition) is 3. The fraction of sp³-hybridized carbons (Fsp3) is 0.429. The normalized spacial score (nSPS) is 16.7. The summed E-state index contributed by atoms with van der Waals surface area (Å²) in [5.74, 6) is 0.0967. The predicted octanol–water partition coefficient (Wildman–Crippen LogP) is 3.83. The first kappa shape index (κ1) is 16.2. The van der Waals surface area contributed by atoms with Crippen molar-refractivity contribution >= 4 is 40.7 Å². The second-order valence-corrected chi connectivity index (χ2v) is 6.34. The van der Waals surface area contributed by atoms with Crippen molar-refractivity contribution in [2.45, 2.75) is 25.3 Å². The molecule has 1 aliphatic carbocycles. The Kier molecular flexibility index (Phi) is 4.88. The Hall–Kier alpha value is -1.15. The van der Waals surface area contributed by atoms with E-state index in [1.807, 2.05) is 0 Å². The first-order chi connectivity index (χ1) is 9.85. The molecule has 0 aliphatic heterocycles. The van der Waals surface area contributed by atoms with Gasteiger partial charge < -0.3 is 10.1 Å². The molecular weight excluding hydrogens is 335 g/mol. The molecule has 1 aromatic carbocycles. The molecule has 1 N–H and O–H groups in total. The molecule has 1 atom stereocenters. The van der Waals surface area contributed by atoms with Crippen LogP contribution >= 0.6 is 34.8 Å². The monoisotopic (exact) mass is 346 g/mol. The summed E-state index contributed by atoms with van der Waals surface area (Å²) < 4.78 is 5.33. The van der Waals surface area contributed by atoms with Crippen LogP contribution in [0.1, 0.15) is 19.8 Å². The number of amides is 1. The quantitative estimate of drug-likeness (QED) is 0.823. The minimum Gasteiger partial charge on any atom is -0.482 e. The maximum absolute atomic E-state index is 11.9. The zero-order chi connectivity index (χ0) is 15.6. The Labute approximate surface area is 137 Å². The summed E-state index contributed by atoms with van der Waals surface area (Å²) in [6.07, 6.45) is 1.90. The van der Waals surface area contributed by atoms with Crippen LogP contribution in [0.25, 0.3) is 0 Å². The minimum absolute atomic E-state index is 0.208. The molecule has 0 saturated heterocycles. The van der Waals surface area contributed by atoms with E-state index in [0.29, 0.717) is 5.02 Å². The number of hydrogen-bond donors (Lipinski definition) is 1. The van der Waals surface area contributed by atoms with Gasteiger partial charge in [0.2, 0.25) is 0 Å². The third-order valence-corrected chi connectivity index (χ3v) is 4.38. The average molecular weight is 348 g/mol. The van der Waals surface area contributed by atoms with Gasteiger partial charge in [-0.3, -0.25) is 4.79 Å². The molecule has 4 nitrogen and oxygen atoms in total. The largest absolute Gasteiger partial charge is 0.482 e. The van der Waals surface area contributed by atoms with E-state index in [1.54, 1.807) is 6.92 Å². The van der Waals surface area contributed by atoms with Gasteiger partial charge in [-0.25, -0.2) is 0 Å². The molecule has 1 fully saturated rings. The number of nitriles is 1. The van der Waals surface area contributed by atoms with Crippen LogP contribution in [0.3, 0.4) is 0 Å². The fourth-order valence-electron chi connectivity index (χ4n) is 1.97. The van der Waals surface area contributed by atoms with Gasteiger partial charge in [0.15, 0.2) is 6.61 Å². The van der Waals surface area contributed by atoms with Crippen molar-refractivity contribution in [3.8, 4) is 11.8 Å². The third kappa shape index (κ3) is 3.94. The summed E-state index contributed by atoms with van der Waals surface area (Å²) in [7, 11) is 0. The highest BCUT2D eigenvalue weighted by molar-refractivity contribution is 6.43. The number of nitrogens with zero attached hydrogens (tertiary/aromatic N) is 1. The predicted molar refractivity (Wildman–Crippen MR) is 81.9 cm³/mol. The molecule has 1 amide bonds. The van der Waals surface area contributed by atoms with Crippen molar-refractivity contribution in [1.29, 1.82) is 5.26 Å². The topological polar surface area (TPSA) is 62.1 Å². The lowest BCUT2D eigenvalue weighted by Gasteiger charge is -2.22. The molecular formula is C14H13Cl3N2O2. The van der Waals surface area contributed by atoms with E-state index >= 15 is 0 Å². The lowest BCUT2D eigenvalue weighted by Crippen LogP contribution is -2.48. The van der Waals surface area contributed by atoms with Gasteiger partial charge in [-0.2, -0.15) is 5.26 Å². The maximum Gasteiger partial charge on any atom is 0.259 e. The summed E-state index contributed by atoms with van der Waals surface area (Å²) in [5.41, 5.74) is -0.845. The van der Waals surface area contributed by atoms with Crippen LogP contribution in [0.5, 0.6) is 5.75 Å². The smallest absolute Gasteiger partial charge is 0.259 e. The number of carbonyl (C=O) groups excluding carboxylic acids is 1. The molecule has 7 heteroatoms. The van der Waals surface area contributed by atoms with E-state index in [-0.39, 0.29) is 34.2 Å². The van der Waals surface area contributed by atoms with Gasteiger partial charge in [-0.1, -0.05) is 34.8 Å². The molecule has 2 rings (SSSR count). The van der Waals surface area contributed by atoms with Crippen LogP contribution in [0.2, 0.25) is 15.1 Å². The molecule has 1 aliphatic rings. The number of carbonyl (C=O) groups is 1. The van der Waals surface area contributed by atoms with Crippen molar-refractivity contribution in [3.63, 3.8) is 0 Å². The summed E-state index contributed by atoms with van der Waals surface area (Å²) in [5, 5.41) is 12.7. The van der Waals surface area contributed by atoms with Crippen molar-refractivity contribution in [1.82, 2.24) is 5.32 Å². The van der Waals surface area contributed by atoms with Gasteiger partial charge in [0, 0.05) is 6.07 Å². The van der Waals surface area contributed by atoms with Crippen LogP contribution in [0.4, 0.5) is 0 Å². The summed E-state index contributed by atoms with van der Waals surface area (Å²) in [6.45, 7) is 1.47. The first-order valence-corrected chi connectivity index (χ1v) is 7.48. The molecule has 1 unspecified atom stereocenters. The van der Waals surface area contributed by atoms with Crippen LogP contribution < -0.4 is 10.1 Å². The first-order valence-electron chi connectivity index (χ1n) is 6.35. The van der Waals surface area contributed by atoms with Crippen LogP contribution in [-0.2, 0) is 4.79 Å². The molecule has 1 aromatic rings. The highest BCUT2D eigenvalue weighted by Gasteiger charge is 2.43. The third-order valence-electron chi connectivity index (χ3n) is 3.36. The number of ether oxygens (including phenoxy) is 1. The van der Waals surface area contributed by atoms with Crippen LogP contribution in [-0.4, -0.2) is 18.1 Å². The molecule has 0 bridgehead atoms. The molecule has 0 aromatic heterocycles. The standard InChI is InChI=1S/C14H13Cl3N2O2/c1-14(7-18,8-2-3-8)19-13(20)6-21-12-5-10(16)9(15)4-11(12)17/h4-5,8H,2-3,6H2,1H3,(H,19,20). The molecule has 21 heavy (non-hydrogen) atoms. The van der Waals surface area contributed by atoms with Crippen molar-refractivity contribution < 1.29 is 9.53 Å². The van der Waals surface area contributed by atoms with Gasteiger partial charge >= 0.3 is 0 Å². The second-order valence-electron chi connectivity index (χ2n) is 5.12. The SMILES string of the molecule is CC(C#N)(NC(=O)COc1cc(Cl)c(Cl)cc1Cl)C1CC1. The summed E-state index contributed by atoms with van der Waals surface area (Å²) >= 11 is 17.6. The van der Waals surface area contributed by atoms with E-state index in [9.17, 15) is 10.1 Å². The lowest BCUT2D eigenvalue weighted by atomic mass is 9.98. The van der Waals surface area contributed by atoms with E-state index < -0.39 is 5.54 Å². The maximum atomic E-state index is 11.9. The van der Waals surface area contributed by atoms with E-state index in [4.69, 9.17) is 39.5 Å². The molecule has 112 valence electrons. The number of rotatable bonds is 5. The van der Waals surface area contributed by atoms with Gasteiger partial charge in [0.25, 0.3) is 5.91 Å². The Morgan fingerprint density at radius 1 is 1.38 bits per heavy atom. The van der Waals surface area contributed by atoms with Crippen molar-refractivity contribution in [3.05, 3.63) is 27.2 Å². The molecule has 0 heterocycles. The number of benzene rings is 1. The van der Waals surface area contributed by atoms with E-state index in [1.165, 1.54) is 12.1 Å². The van der Waals surface area contributed by atoms with Gasteiger partial charge in [0.05, 0.1) is 21.1 Å². The lowest BCUT2D eigenvalue weighted by molar-refractivity contribution is -0.124. The highest BCUT2D eigenvalue weighted by atomic mass is 35.5. The Bertz CT molecular complexity index is 611. The van der Waals surface area contributed by atoms with E-state index in [2.05, 4.69) is 11.4 Å². The summed E-state index contributed by atoms with van der Waals surface area (Å²) in [4.78, 5) is 11.9. The zero-order valence-electron chi connectivity index (χ0n) is 11.3. The molecule has 0 radical (unpaired) electrons.